The van der Waals surface area contributed by atoms with E-state index in [4.69, 9.17) is 0 Å². The number of hydrogen-bond donors (Lipinski definition) is 1. The molecule has 118 valence electrons. The number of aryl methyl sites for hydroxylation is 1. The van der Waals surface area contributed by atoms with Crippen molar-refractivity contribution in [2.75, 3.05) is 13.1 Å². The Balaban J connectivity index is 2.14. The average molecular weight is 287 g/mol. The maximum atomic E-state index is 3.67. The predicted molar refractivity (Wildman–Crippen MR) is 92.7 cm³/mol. The van der Waals surface area contributed by atoms with Gasteiger partial charge in [-0.1, -0.05) is 45.0 Å². The molecule has 1 N–H and O–H groups in total. The third-order valence-corrected chi connectivity index (χ3v) is 5.40. The zero-order valence-corrected chi connectivity index (χ0v) is 14.4. The number of benzene rings is 1. The Bertz CT molecular complexity index is 424. The molecule has 0 heterocycles. The maximum absolute atomic E-state index is 3.67. The first-order chi connectivity index (χ1) is 10.1. The van der Waals surface area contributed by atoms with Crippen molar-refractivity contribution in [3.8, 4) is 0 Å². The lowest BCUT2D eigenvalue weighted by atomic mass is 9.67. The van der Waals surface area contributed by atoms with Gasteiger partial charge in [0.25, 0.3) is 0 Å². The van der Waals surface area contributed by atoms with Crippen LogP contribution < -0.4 is 5.32 Å². The van der Waals surface area contributed by atoms with E-state index in [1.807, 2.05) is 0 Å². The van der Waals surface area contributed by atoms with E-state index in [0.717, 1.165) is 30.2 Å². The van der Waals surface area contributed by atoms with E-state index < -0.39 is 0 Å². The quantitative estimate of drug-likeness (QED) is 0.713. The van der Waals surface area contributed by atoms with Crippen LogP contribution >= 0.6 is 0 Å². The molecule has 0 spiro atoms. The smallest absolute Gasteiger partial charge is 0.00147 e. The van der Waals surface area contributed by atoms with E-state index in [9.17, 15) is 0 Å². The summed E-state index contributed by atoms with van der Waals surface area (Å²) in [6.07, 6.45) is 5.41. The molecule has 1 heteroatoms. The van der Waals surface area contributed by atoms with Crippen LogP contribution in [0.1, 0.15) is 63.5 Å². The molecule has 1 fully saturated rings. The lowest BCUT2D eigenvalue weighted by Crippen LogP contribution is -2.33. The minimum absolute atomic E-state index is 0.747. The van der Waals surface area contributed by atoms with Crippen LogP contribution in [0.15, 0.2) is 24.3 Å². The average Bonchev–Trinajstić information content (AvgIpc) is 2.48. The molecule has 1 nitrogen and oxygen atoms in total. The van der Waals surface area contributed by atoms with Crippen molar-refractivity contribution < 1.29 is 0 Å². The Morgan fingerprint density at radius 2 is 1.95 bits per heavy atom. The predicted octanol–water partition coefficient (Wildman–Crippen LogP) is 5.15. The van der Waals surface area contributed by atoms with Crippen LogP contribution in [0.5, 0.6) is 0 Å². The van der Waals surface area contributed by atoms with Crippen molar-refractivity contribution in [2.24, 2.45) is 17.8 Å². The Kier molecular flexibility index (Phi) is 6.29. The normalized spacial score (nSPS) is 26.2. The lowest BCUT2D eigenvalue weighted by Gasteiger charge is -2.39. The van der Waals surface area contributed by atoms with Crippen molar-refractivity contribution in [1.82, 2.24) is 5.32 Å². The van der Waals surface area contributed by atoms with E-state index in [2.05, 4.69) is 57.3 Å². The fourth-order valence-electron chi connectivity index (χ4n) is 3.96. The summed E-state index contributed by atoms with van der Waals surface area (Å²) in [6, 6.07) is 9.05. The van der Waals surface area contributed by atoms with Crippen LogP contribution in [0.4, 0.5) is 0 Å². The summed E-state index contributed by atoms with van der Waals surface area (Å²) in [7, 11) is 0. The molecule has 3 atom stereocenters. The molecular formula is C20H33N. The van der Waals surface area contributed by atoms with Gasteiger partial charge in [-0.3, -0.25) is 0 Å². The van der Waals surface area contributed by atoms with Crippen LogP contribution in [-0.2, 0) is 0 Å². The monoisotopic (exact) mass is 287 g/mol. The second-order valence-corrected chi connectivity index (χ2v) is 7.24. The van der Waals surface area contributed by atoms with E-state index in [-0.39, 0.29) is 0 Å². The highest BCUT2D eigenvalue weighted by molar-refractivity contribution is 5.30. The molecule has 1 aliphatic rings. The van der Waals surface area contributed by atoms with Gasteiger partial charge in [-0.2, -0.15) is 0 Å². The molecule has 0 amide bonds. The van der Waals surface area contributed by atoms with Crippen molar-refractivity contribution in [2.45, 2.75) is 59.3 Å². The summed E-state index contributed by atoms with van der Waals surface area (Å²) in [5.41, 5.74) is 3.08. The van der Waals surface area contributed by atoms with Gasteiger partial charge in [0.1, 0.15) is 0 Å². The summed E-state index contributed by atoms with van der Waals surface area (Å²) in [4.78, 5) is 0. The molecule has 1 aromatic carbocycles. The zero-order chi connectivity index (χ0) is 15.2. The van der Waals surface area contributed by atoms with E-state index in [1.54, 1.807) is 5.56 Å². The minimum atomic E-state index is 0.747. The molecule has 2 rings (SSSR count). The van der Waals surface area contributed by atoms with Crippen LogP contribution in [0.3, 0.4) is 0 Å². The van der Waals surface area contributed by atoms with Gasteiger partial charge in [0.05, 0.1) is 0 Å². The Morgan fingerprint density at radius 3 is 2.62 bits per heavy atom. The molecule has 3 unspecified atom stereocenters. The maximum Gasteiger partial charge on any atom is -0.00147 e. The van der Waals surface area contributed by atoms with Crippen molar-refractivity contribution in [3.63, 3.8) is 0 Å². The van der Waals surface area contributed by atoms with E-state index in [0.29, 0.717) is 0 Å². The summed E-state index contributed by atoms with van der Waals surface area (Å²) in [6.45, 7) is 11.7. The lowest BCUT2D eigenvalue weighted by molar-refractivity contribution is 0.190. The summed E-state index contributed by atoms with van der Waals surface area (Å²) in [5, 5.41) is 3.67. The molecule has 0 radical (unpaired) electrons. The molecule has 0 aliphatic heterocycles. The Labute approximate surface area is 131 Å². The van der Waals surface area contributed by atoms with Crippen LogP contribution in [0, 0.1) is 24.7 Å². The second-order valence-electron chi connectivity index (χ2n) is 7.24. The molecule has 0 saturated heterocycles. The first kappa shape index (κ1) is 16.5. The summed E-state index contributed by atoms with van der Waals surface area (Å²) < 4.78 is 0. The highest BCUT2D eigenvalue weighted by Gasteiger charge is 2.32. The number of nitrogens with one attached hydrogen (secondary N) is 1. The molecule has 1 saturated carbocycles. The third-order valence-electron chi connectivity index (χ3n) is 5.40. The standard InChI is InChI=1S/C20H33N/c1-5-12-21-14-18-11-10-17(15(2)3)13-20(18)19-9-7-6-8-16(19)4/h6-9,15,17-18,20-21H,5,10-14H2,1-4H3. The zero-order valence-electron chi connectivity index (χ0n) is 14.4. The van der Waals surface area contributed by atoms with Gasteiger partial charge >= 0.3 is 0 Å². The SMILES string of the molecule is CCCNCC1CCC(C(C)C)CC1c1ccccc1C. The minimum Gasteiger partial charge on any atom is -0.316 e. The molecule has 1 aliphatic carbocycles. The molecular weight excluding hydrogens is 254 g/mol. The first-order valence-electron chi connectivity index (χ1n) is 8.89. The number of rotatable bonds is 6. The van der Waals surface area contributed by atoms with Crippen molar-refractivity contribution in [3.05, 3.63) is 35.4 Å². The van der Waals surface area contributed by atoms with Crippen LogP contribution in [0.25, 0.3) is 0 Å². The van der Waals surface area contributed by atoms with Gasteiger partial charge < -0.3 is 5.32 Å². The van der Waals surface area contributed by atoms with Crippen molar-refractivity contribution >= 4 is 0 Å². The van der Waals surface area contributed by atoms with Gasteiger partial charge in [0.2, 0.25) is 0 Å². The van der Waals surface area contributed by atoms with E-state index in [1.165, 1.54) is 37.8 Å². The largest absolute Gasteiger partial charge is 0.316 e. The molecule has 0 bridgehead atoms. The van der Waals surface area contributed by atoms with Crippen LogP contribution in [0.2, 0.25) is 0 Å². The molecule has 21 heavy (non-hydrogen) atoms. The Morgan fingerprint density at radius 1 is 1.19 bits per heavy atom. The molecule has 1 aromatic rings. The van der Waals surface area contributed by atoms with Gasteiger partial charge in [0, 0.05) is 0 Å². The van der Waals surface area contributed by atoms with Crippen LogP contribution in [-0.4, -0.2) is 13.1 Å². The first-order valence-corrected chi connectivity index (χ1v) is 8.89. The highest BCUT2D eigenvalue weighted by atomic mass is 14.9. The second kappa shape index (κ2) is 7.98. The summed E-state index contributed by atoms with van der Waals surface area (Å²) >= 11 is 0. The number of hydrogen-bond acceptors (Lipinski definition) is 1. The topological polar surface area (TPSA) is 12.0 Å². The highest BCUT2D eigenvalue weighted by Crippen LogP contribution is 2.43. The van der Waals surface area contributed by atoms with Gasteiger partial charge in [-0.15, -0.1) is 0 Å². The van der Waals surface area contributed by atoms with E-state index >= 15 is 0 Å². The summed E-state index contributed by atoms with van der Waals surface area (Å²) in [5.74, 6) is 3.28. The van der Waals surface area contributed by atoms with Gasteiger partial charge in [-0.25, -0.2) is 0 Å². The Hall–Kier alpha value is -0.820. The third kappa shape index (κ3) is 4.32. The van der Waals surface area contributed by atoms with Gasteiger partial charge in [0.15, 0.2) is 0 Å². The molecule has 0 aromatic heterocycles. The fourth-order valence-corrected chi connectivity index (χ4v) is 3.96. The fraction of sp³-hybridized carbons (Fsp3) is 0.700. The van der Waals surface area contributed by atoms with Crippen molar-refractivity contribution in [1.29, 1.82) is 0 Å². The van der Waals surface area contributed by atoms with Gasteiger partial charge in [-0.05, 0) is 80.5 Å².